The highest BCUT2D eigenvalue weighted by atomic mass is 16.2. The van der Waals surface area contributed by atoms with Gasteiger partial charge in [0, 0.05) is 6.61 Å². The smallest absolute Gasteiger partial charge is 0.0431 e. The van der Waals surface area contributed by atoms with Crippen molar-refractivity contribution < 1.29 is 5.11 Å². The van der Waals surface area contributed by atoms with E-state index in [1.807, 2.05) is 13.8 Å². The fourth-order valence-electron chi connectivity index (χ4n) is 3.37. The number of rotatable bonds is 20. The van der Waals surface area contributed by atoms with Crippen molar-refractivity contribution in [3.8, 4) is 0 Å². The van der Waals surface area contributed by atoms with Crippen molar-refractivity contribution in [2.75, 3.05) is 6.61 Å². The summed E-state index contributed by atoms with van der Waals surface area (Å²) in [7, 11) is 0. The molecule has 0 saturated heterocycles. The van der Waals surface area contributed by atoms with Gasteiger partial charge in [0.1, 0.15) is 0 Å². The van der Waals surface area contributed by atoms with Crippen molar-refractivity contribution in [2.24, 2.45) is 0 Å². The predicted molar refractivity (Wildman–Crippen MR) is 116 cm³/mol. The average molecular weight is 357 g/mol. The molecule has 1 nitrogen and oxygen atoms in total. The third kappa shape index (κ3) is 29.0. The van der Waals surface area contributed by atoms with Crippen LogP contribution in [0.25, 0.3) is 0 Å². The molecule has 0 aliphatic carbocycles. The summed E-state index contributed by atoms with van der Waals surface area (Å²) >= 11 is 0. The van der Waals surface area contributed by atoms with Crippen LogP contribution in [0.4, 0.5) is 0 Å². The van der Waals surface area contributed by atoms with Crippen LogP contribution in [-0.4, -0.2) is 11.7 Å². The van der Waals surface area contributed by atoms with Crippen molar-refractivity contribution in [2.45, 2.75) is 149 Å². The van der Waals surface area contributed by atoms with Gasteiger partial charge < -0.3 is 5.11 Å². The second-order valence-electron chi connectivity index (χ2n) is 7.44. The van der Waals surface area contributed by atoms with E-state index in [4.69, 9.17) is 5.11 Å². The van der Waals surface area contributed by atoms with E-state index in [1.54, 1.807) is 0 Å². The summed E-state index contributed by atoms with van der Waals surface area (Å²) in [4.78, 5) is 0. The van der Waals surface area contributed by atoms with Gasteiger partial charge in [-0.15, -0.1) is 0 Å². The Balaban J connectivity index is 0. The van der Waals surface area contributed by atoms with E-state index >= 15 is 0 Å². The molecule has 1 heteroatoms. The largest absolute Gasteiger partial charge is 0.396 e. The quantitative estimate of drug-likeness (QED) is 0.216. The molecule has 0 amide bonds. The van der Waals surface area contributed by atoms with E-state index in [2.05, 4.69) is 6.92 Å². The molecule has 0 spiro atoms. The van der Waals surface area contributed by atoms with Crippen LogP contribution in [0.2, 0.25) is 0 Å². The second-order valence-corrected chi connectivity index (χ2v) is 7.44. The maximum Gasteiger partial charge on any atom is 0.0431 e. The molecule has 154 valence electrons. The lowest BCUT2D eigenvalue weighted by atomic mass is 10.0. The van der Waals surface area contributed by atoms with Crippen molar-refractivity contribution >= 4 is 0 Å². The number of aliphatic hydroxyl groups is 1. The second kappa shape index (κ2) is 28.8. The highest BCUT2D eigenvalue weighted by Gasteiger charge is 1.95. The van der Waals surface area contributed by atoms with Gasteiger partial charge in [-0.2, -0.15) is 0 Å². The molecular formula is C24H52O. The molecule has 1 N–H and O–H groups in total. The summed E-state index contributed by atoms with van der Waals surface area (Å²) in [6.07, 6.45) is 28.1. The Kier molecular flexibility index (Phi) is 31.3. The lowest BCUT2D eigenvalue weighted by Crippen LogP contribution is -1.85. The SMILES string of the molecule is CC.CCCCCCCCCCCCCCCCCCCCCCO. The van der Waals surface area contributed by atoms with Gasteiger partial charge in [-0.05, 0) is 6.42 Å². The van der Waals surface area contributed by atoms with Crippen molar-refractivity contribution in [3.05, 3.63) is 0 Å². The van der Waals surface area contributed by atoms with Crippen LogP contribution in [-0.2, 0) is 0 Å². The molecule has 0 aliphatic rings. The van der Waals surface area contributed by atoms with Crippen LogP contribution in [0.1, 0.15) is 149 Å². The van der Waals surface area contributed by atoms with Gasteiger partial charge >= 0.3 is 0 Å². The summed E-state index contributed by atoms with van der Waals surface area (Å²) in [5.74, 6) is 0. The molecule has 0 bridgehead atoms. The van der Waals surface area contributed by atoms with Gasteiger partial charge in [0.25, 0.3) is 0 Å². The molecule has 0 aromatic rings. The average Bonchev–Trinajstić information content (AvgIpc) is 2.65. The standard InChI is InChI=1S/C22H46O.C2H6/c1-2-3-4-5-6-7-8-9-10-11-12-13-14-15-16-17-18-19-20-21-22-23;1-2/h23H,2-22H2,1H3;1-2H3. The van der Waals surface area contributed by atoms with Crippen LogP contribution >= 0.6 is 0 Å². The number of hydrogen-bond donors (Lipinski definition) is 1. The Morgan fingerprint density at radius 1 is 0.360 bits per heavy atom. The molecular weight excluding hydrogens is 304 g/mol. The van der Waals surface area contributed by atoms with Crippen molar-refractivity contribution in [1.29, 1.82) is 0 Å². The summed E-state index contributed by atoms with van der Waals surface area (Å²) < 4.78 is 0. The van der Waals surface area contributed by atoms with E-state index < -0.39 is 0 Å². The minimum Gasteiger partial charge on any atom is -0.396 e. The zero-order chi connectivity index (χ0) is 18.8. The zero-order valence-electron chi connectivity index (χ0n) is 18.3. The highest BCUT2D eigenvalue weighted by Crippen LogP contribution is 2.14. The van der Waals surface area contributed by atoms with Crippen LogP contribution in [0, 0.1) is 0 Å². The highest BCUT2D eigenvalue weighted by molar-refractivity contribution is 4.50. The van der Waals surface area contributed by atoms with Crippen LogP contribution in [0.5, 0.6) is 0 Å². The van der Waals surface area contributed by atoms with E-state index in [-0.39, 0.29) is 0 Å². The fraction of sp³-hybridized carbons (Fsp3) is 1.00. The van der Waals surface area contributed by atoms with Gasteiger partial charge in [0.15, 0.2) is 0 Å². The molecule has 0 rings (SSSR count). The summed E-state index contributed by atoms with van der Waals surface area (Å²) in [5.41, 5.74) is 0. The molecule has 0 saturated carbocycles. The molecule has 0 heterocycles. The molecule has 0 aromatic carbocycles. The summed E-state index contributed by atoms with van der Waals surface area (Å²) in [6, 6.07) is 0. The van der Waals surface area contributed by atoms with E-state index in [9.17, 15) is 0 Å². The maximum absolute atomic E-state index is 8.71. The van der Waals surface area contributed by atoms with Gasteiger partial charge in [0.2, 0.25) is 0 Å². The number of aliphatic hydroxyl groups excluding tert-OH is 1. The number of unbranched alkanes of at least 4 members (excludes halogenated alkanes) is 19. The van der Waals surface area contributed by atoms with Gasteiger partial charge in [-0.3, -0.25) is 0 Å². The van der Waals surface area contributed by atoms with Crippen LogP contribution in [0.3, 0.4) is 0 Å². The topological polar surface area (TPSA) is 20.2 Å². The first kappa shape index (κ1) is 27.2. The Morgan fingerprint density at radius 2 is 0.560 bits per heavy atom. The molecule has 0 atom stereocenters. The monoisotopic (exact) mass is 356 g/mol. The first-order chi connectivity index (χ1) is 12.4. The molecule has 0 radical (unpaired) electrons. The Bertz CT molecular complexity index is 171. The number of hydrogen-bond acceptors (Lipinski definition) is 1. The van der Waals surface area contributed by atoms with E-state index in [1.165, 1.54) is 122 Å². The molecule has 0 aliphatic heterocycles. The van der Waals surface area contributed by atoms with Crippen molar-refractivity contribution in [1.82, 2.24) is 0 Å². The summed E-state index contributed by atoms with van der Waals surface area (Å²) in [6.45, 7) is 6.67. The third-order valence-corrected chi connectivity index (χ3v) is 5.01. The lowest BCUT2D eigenvalue weighted by molar-refractivity contribution is 0.282. The molecule has 0 unspecified atom stereocenters. The fourth-order valence-corrected chi connectivity index (χ4v) is 3.37. The van der Waals surface area contributed by atoms with Crippen LogP contribution < -0.4 is 0 Å². The first-order valence-electron chi connectivity index (χ1n) is 12.0. The molecule has 25 heavy (non-hydrogen) atoms. The molecule has 0 fully saturated rings. The van der Waals surface area contributed by atoms with E-state index in [0.717, 1.165) is 6.42 Å². The lowest BCUT2D eigenvalue weighted by Gasteiger charge is -2.03. The Morgan fingerprint density at radius 3 is 0.760 bits per heavy atom. The van der Waals surface area contributed by atoms with Gasteiger partial charge in [0.05, 0.1) is 0 Å². The Hall–Kier alpha value is -0.0400. The first-order valence-corrected chi connectivity index (χ1v) is 12.0. The minimum atomic E-state index is 0.374. The third-order valence-electron chi connectivity index (χ3n) is 5.01. The normalized spacial score (nSPS) is 10.6. The minimum absolute atomic E-state index is 0.374. The molecule has 0 aromatic heterocycles. The van der Waals surface area contributed by atoms with Gasteiger partial charge in [-0.1, -0.05) is 143 Å². The van der Waals surface area contributed by atoms with E-state index in [0.29, 0.717) is 6.61 Å². The van der Waals surface area contributed by atoms with Crippen molar-refractivity contribution in [3.63, 3.8) is 0 Å². The van der Waals surface area contributed by atoms with Gasteiger partial charge in [-0.25, -0.2) is 0 Å². The Labute approximate surface area is 161 Å². The summed E-state index contributed by atoms with van der Waals surface area (Å²) in [5, 5.41) is 8.71. The maximum atomic E-state index is 8.71. The zero-order valence-corrected chi connectivity index (χ0v) is 18.3. The van der Waals surface area contributed by atoms with Crippen LogP contribution in [0.15, 0.2) is 0 Å². The predicted octanol–water partition coefficient (Wildman–Crippen LogP) is 8.83.